The zero-order valence-corrected chi connectivity index (χ0v) is 13.8. The van der Waals surface area contributed by atoms with Gasteiger partial charge in [-0.3, -0.25) is 4.79 Å². The molecule has 12 heteroatoms. The van der Waals surface area contributed by atoms with Crippen molar-refractivity contribution in [3.8, 4) is 0 Å². The second kappa shape index (κ2) is 13.0. The van der Waals surface area contributed by atoms with Gasteiger partial charge in [0.25, 0.3) is 0 Å². The molecule has 3 N–H and O–H groups in total. The summed E-state index contributed by atoms with van der Waals surface area (Å²) in [5, 5.41) is 8.01. The average Bonchev–Trinajstić information content (AvgIpc) is 2.49. The highest BCUT2D eigenvalue weighted by Crippen LogP contribution is 2.02. The number of thiol groups is 3. The van der Waals surface area contributed by atoms with Crippen LogP contribution in [-0.2, 0) is 32.5 Å². The minimum atomic E-state index is -1.00. The van der Waals surface area contributed by atoms with Gasteiger partial charge in [-0.05, 0) is 13.8 Å². The lowest BCUT2D eigenvalue weighted by Gasteiger charge is -2.12. The summed E-state index contributed by atoms with van der Waals surface area (Å²) in [6, 6.07) is -0.816. The molecule has 0 aliphatic heterocycles. The Bertz CT molecular complexity index is 321. The average molecular weight is 363 g/mol. The highest BCUT2D eigenvalue weighted by atomic mass is 32.1. The van der Waals surface area contributed by atoms with Gasteiger partial charge in [-0.2, -0.15) is 12.6 Å². The van der Waals surface area contributed by atoms with E-state index in [0.717, 1.165) is 0 Å². The number of hydrogen-bond acceptors (Lipinski definition) is 11. The van der Waals surface area contributed by atoms with Gasteiger partial charge in [0.15, 0.2) is 12.2 Å². The van der Waals surface area contributed by atoms with Crippen molar-refractivity contribution in [2.24, 2.45) is 5.73 Å². The molecule has 2 unspecified atom stereocenters. The number of nitrogens with two attached hydrogens (primary N) is 1. The largest absolute Gasteiger partial charge is 0.480 e. The summed E-state index contributed by atoms with van der Waals surface area (Å²) in [4.78, 5) is 40.3. The Balaban J connectivity index is 0. The lowest BCUT2D eigenvalue weighted by molar-refractivity contribution is -0.333. The van der Waals surface area contributed by atoms with E-state index in [1.54, 1.807) is 0 Å². The zero-order chi connectivity index (χ0) is 17.0. The molecule has 0 aliphatic carbocycles. The lowest BCUT2D eigenvalue weighted by Crippen LogP contribution is -2.31. The van der Waals surface area contributed by atoms with E-state index in [0.29, 0.717) is 0 Å². The van der Waals surface area contributed by atoms with Crippen LogP contribution < -0.4 is 5.73 Å². The van der Waals surface area contributed by atoms with E-state index in [4.69, 9.17) is 10.8 Å². The van der Waals surface area contributed by atoms with Crippen molar-refractivity contribution < 1.29 is 37.6 Å². The number of carbonyl (C=O) groups is 3. The fourth-order valence-electron chi connectivity index (χ4n) is 0.472. The Morgan fingerprint density at radius 2 is 1.38 bits per heavy atom. The molecule has 0 radical (unpaired) electrons. The Kier molecular flexibility index (Phi) is 14.0. The summed E-state index contributed by atoms with van der Waals surface area (Å²) in [6.45, 7) is 2.74. The molecular weight excluding hydrogens is 346 g/mol. The highest BCUT2D eigenvalue weighted by molar-refractivity contribution is 7.80. The maximum absolute atomic E-state index is 10.7. The lowest BCUT2D eigenvalue weighted by atomic mass is 10.4. The minimum Gasteiger partial charge on any atom is -0.480 e. The van der Waals surface area contributed by atoms with Crippen LogP contribution in [0.2, 0.25) is 0 Å². The van der Waals surface area contributed by atoms with E-state index < -0.39 is 36.2 Å². The van der Waals surface area contributed by atoms with Gasteiger partial charge in [0, 0.05) is 31.6 Å². The third-order valence-electron chi connectivity index (χ3n) is 1.70. The van der Waals surface area contributed by atoms with Crippen LogP contribution >= 0.6 is 38.4 Å². The van der Waals surface area contributed by atoms with Crippen LogP contribution in [0, 0.1) is 0 Å². The molecule has 0 aromatic carbocycles. The summed E-state index contributed by atoms with van der Waals surface area (Å²) in [6.07, 6.45) is -1.97. The predicted molar refractivity (Wildman–Crippen MR) is 80.7 cm³/mol. The van der Waals surface area contributed by atoms with Crippen LogP contribution in [0.5, 0.6) is 0 Å². The van der Waals surface area contributed by atoms with E-state index in [-0.39, 0.29) is 5.75 Å². The number of carboxylic acid groups (broad SMARTS) is 1. The van der Waals surface area contributed by atoms with Gasteiger partial charge in [-0.25, -0.2) is 19.4 Å². The number of rotatable bonds is 7. The van der Waals surface area contributed by atoms with E-state index >= 15 is 0 Å². The van der Waals surface area contributed by atoms with E-state index in [1.165, 1.54) is 13.8 Å². The fraction of sp³-hybridized carbons (Fsp3) is 0.667. The second-order valence-corrected chi connectivity index (χ2v) is 4.16. The van der Waals surface area contributed by atoms with Gasteiger partial charge in [0.1, 0.15) is 6.04 Å². The maximum Gasteiger partial charge on any atom is 0.350 e. The molecule has 9 nitrogen and oxygen atoms in total. The van der Waals surface area contributed by atoms with E-state index in [2.05, 4.69) is 56.6 Å². The third-order valence-corrected chi connectivity index (χ3v) is 2.46. The quantitative estimate of drug-likeness (QED) is 0.181. The fourth-order valence-corrected chi connectivity index (χ4v) is 0.925. The SMILES string of the molecule is CC(OOC(C)C(=O)OS)C(=O)OS.N[C@@H](CS)C(=O)O. The number of carbonyl (C=O) groups excluding carboxylic acids is 2. The maximum atomic E-state index is 10.7. The van der Waals surface area contributed by atoms with E-state index in [1.807, 2.05) is 0 Å². The minimum absolute atomic E-state index is 0.190. The second-order valence-electron chi connectivity index (χ2n) is 3.42. The normalized spacial score (nSPS) is 14.0. The van der Waals surface area contributed by atoms with Crippen LogP contribution in [0.25, 0.3) is 0 Å². The first-order valence-corrected chi connectivity index (χ1v) is 6.69. The monoisotopic (exact) mass is 363 g/mol. The van der Waals surface area contributed by atoms with Crippen LogP contribution in [0.15, 0.2) is 0 Å². The predicted octanol–water partition coefficient (Wildman–Crippen LogP) is -0.184. The van der Waals surface area contributed by atoms with Crippen LogP contribution in [0.3, 0.4) is 0 Å². The summed E-state index contributed by atoms with van der Waals surface area (Å²) in [7, 11) is 0. The number of carboxylic acids is 1. The van der Waals surface area contributed by atoms with Crippen molar-refractivity contribution in [1.82, 2.24) is 0 Å². The molecule has 0 fully saturated rings. The summed E-state index contributed by atoms with van der Waals surface area (Å²) < 4.78 is 8.10. The van der Waals surface area contributed by atoms with Crippen molar-refractivity contribution in [2.45, 2.75) is 32.1 Å². The van der Waals surface area contributed by atoms with Gasteiger partial charge >= 0.3 is 17.9 Å². The molecule has 0 spiro atoms. The molecule has 0 saturated heterocycles. The molecule has 0 aromatic rings. The van der Waals surface area contributed by atoms with Crippen molar-refractivity contribution >= 4 is 56.4 Å². The smallest absolute Gasteiger partial charge is 0.350 e. The van der Waals surface area contributed by atoms with Crippen LogP contribution in [-0.4, -0.2) is 47.0 Å². The van der Waals surface area contributed by atoms with Crippen LogP contribution in [0.4, 0.5) is 0 Å². The molecule has 0 aromatic heterocycles. The first kappa shape index (κ1) is 22.6. The molecule has 124 valence electrons. The third kappa shape index (κ3) is 11.7. The van der Waals surface area contributed by atoms with Gasteiger partial charge in [-0.1, -0.05) is 0 Å². The van der Waals surface area contributed by atoms with Gasteiger partial charge < -0.3 is 19.2 Å². The Morgan fingerprint density at radius 3 is 1.52 bits per heavy atom. The summed E-state index contributed by atoms with van der Waals surface area (Å²) in [5.41, 5.74) is 4.94. The summed E-state index contributed by atoms with van der Waals surface area (Å²) >= 11 is 10.2. The molecule has 3 atom stereocenters. The molecular formula is C9H17NO8S3. The van der Waals surface area contributed by atoms with Crippen LogP contribution in [0.1, 0.15) is 13.8 Å². The van der Waals surface area contributed by atoms with Crippen molar-refractivity contribution in [1.29, 1.82) is 0 Å². The first-order valence-electron chi connectivity index (χ1n) is 5.33. The molecule has 21 heavy (non-hydrogen) atoms. The number of hydrogen-bond donors (Lipinski definition) is 5. The van der Waals surface area contributed by atoms with Gasteiger partial charge in [-0.15, -0.1) is 0 Å². The highest BCUT2D eigenvalue weighted by Gasteiger charge is 2.21. The molecule has 0 rings (SSSR count). The van der Waals surface area contributed by atoms with E-state index in [9.17, 15) is 14.4 Å². The van der Waals surface area contributed by atoms with Crippen molar-refractivity contribution in [3.05, 3.63) is 0 Å². The number of aliphatic carboxylic acids is 1. The molecule has 0 saturated carbocycles. The molecule has 0 bridgehead atoms. The van der Waals surface area contributed by atoms with Crippen molar-refractivity contribution in [2.75, 3.05) is 5.75 Å². The Morgan fingerprint density at radius 1 is 1.05 bits per heavy atom. The van der Waals surface area contributed by atoms with Gasteiger partial charge in [0.2, 0.25) is 0 Å². The summed E-state index contributed by atoms with van der Waals surface area (Å²) in [5.74, 6) is -2.29. The first-order chi connectivity index (χ1) is 9.70. The standard InChI is InChI=1S/C6H10O6S2.C3H7NO2S/c1-3(5(7)11-13)9-10-4(2)6(8)12-14;4-2(1-7)3(5)6/h3-4,13-14H,1-2H3;2,7H,1,4H2,(H,5,6)/t;2-/m.0/s1. The Hall–Kier alpha value is -0.660. The molecule has 0 amide bonds. The molecule has 0 heterocycles. The molecule has 0 aliphatic rings. The Labute approximate surface area is 138 Å². The van der Waals surface area contributed by atoms with Gasteiger partial charge in [0.05, 0.1) is 0 Å². The topological polar surface area (TPSA) is 134 Å². The zero-order valence-electron chi connectivity index (χ0n) is 11.2. The van der Waals surface area contributed by atoms with Crippen molar-refractivity contribution in [3.63, 3.8) is 0 Å².